The number of aliphatic hydroxyl groups is 1. The Morgan fingerprint density at radius 1 is 0.846 bits per heavy atom. The number of carbonyl (C=O) groups is 4. The maximum absolute atomic E-state index is 12.8. The Hall–Kier alpha value is -3.96. The molecule has 0 bridgehead atoms. The molecule has 1 unspecified atom stereocenters. The van der Waals surface area contributed by atoms with Gasteiger partial charge in [0.2, 0.25) is 23.6 Å². The van der Waals surface area contributed by atoms with Gasteiger partial charge in [-0.05, 0) is 48.9 Å². The first-order valence-corrected chi connectivity index (χ1v) is 12.8. The summed E-state index contributed by atoms with van der Waals surface area (Å²) < 4.78 is 7.46. The third-order valence-corrected chi connectivity index (χ3v) is 5.81. The first kappa shape index (κ1) is 29.6. The fraction of sp³-hybridized carbons (Fsp3) is 0.429. The maximum atomic E-state index is 12.8. The van der Waals surface area contributed by atoms with Crippen LogP contribution < -0.4 is 27.0 Å². The molecule has 212 valence electrons. The van der Waals surface area contributed by atoms with Crippen LogP contribution in [0.25, 0.3) is 0 Å². The smallest absolute Gasteiger partial charge is 0.244 e. The zero-order valence-electron chi connectivity index (χ0n) is 23.4. The minimum atomic E-state index is -1.07. The summed E-state index contributed by atoms with van der Waals surface area (Å²) in [5.74, 6) is -2.17. The molecule has 8 N–H and O–H groups in total. The van der Waals surface area contributed by atoms with E-state index in [2.05, 4.69) is 27.0 Å². The van der Waals surface area contributed by atoms with Crippen LogP contribution in [-0.4, -0.2) is 64.7 Å². The summed E-state index contributed by atoms with van der Waals surface area (Å²) in [7, 11) is 0. The van der Waals surface area contributed by atoms with Crippen LogP contribution in [-0.2, 0) is 32.0 Å². The van der Waals surface area contributed by atoms with Gasteiger partial charge in [-0.25, -0.2) is 0 Å². The molecule has 0 aliphatic carbocycles. The van der Waals surface area contributed by atoms with Gasteiger partial charge >= 0.3 is 0 Å². The number of hydrogen-bond acceptors (Lipinski definition) is 7. The van der Waals surface area contributed by atoms with Crippen molar-refractivity contribution >= 4 is 23.6 Å². The topological polar surface area (TPSA) is 183 Å². The number of phenols is 1. The van der Waals surface area contributed by atoms with Crippen LogP contribution in [0.2, 0.25) is 1.41 Å². The number of aliphatic hydroxyl groups excluding tert-OH is 1. The third kappa shape index (κ3) is 11.5. The number of carbonyl (C=O) groups excluding carboxylic acids is 4. The molecule has 11 heteroatoms. The van der Waals surface area contributed by atoms with Gasteiger partial charge < -0.3 is 37.2 Å². The molecule has 0 spiro atoms. The lowest BCUT2D eigenvalue weighted by Crippen LogP contribution is -2.54. The number of benzene rings is 2. The van der Waals surface area contributed by atoms with E-state index in [1.807, 2.05) is 32.0 Å². The Morgan fingerprint density at radius 3 is 2.10 bits per heavy atom. The number of hydrogen-bond donors (Lipinski definition) is 7. The zero-order chi connectivity index (χ0) is 29.7. The second-order valence-electron chi connectivity index (χ2n) is 9.83. The standard InChI is InChI=1S/C28H39N5O6/c1-17(2)13-24(35)33-28(39)23(15-19-7-5-4-6-8-19)32-25(36)16-30-26(37)18(3)31-27(38)22(29)14-20-9-11-21(34)12-10-20/h4-12,17-18,22-24,34-35H,13-16,29H2,1-3H3,(H,30,37)(H,31,38)(H,32,36)(H,33,39)/t18-,22-,23-,24?/m0/s1/i/hD. The molecule has 0 fully saturated rings. The second kappa shape index (κ2) is 15.5. The van der Waals surface area contributed by atoms with E-state index in [9.17, 15) is 29.4 Å². The van der Waals surface area contributed by atoms with Gasteiger partial charge in [0, 0.05) is 6.42 Å². The highest BCUT2D eigenvalue weighted by Crippen LogP contribution is 2.11. The highest BCUT2D eigenvalue weighted by molar-refractivity contribution is 5.93. The molecule has 0 saturated carbocycles. The van der Waals surface area contributed by atoms with Crippen molar-refractivity contribution < 1.29 is 30.8 Å². The van der Waals surface area contributed by atoms with Crippen molar-refractivity contribution in [2.45, 2.75) is 64.4 Å². The molecule has 4 atom stereocenters. The summed E-state index contributed by atoms with van der Waals surface area (Å²) in [6.07, 6.45) is -0.384. The molecule has 0 heterocycles. The number of rotatable bonds is 15. The van der Waals surface area contributed by atoms with Crippen molar-refractivity contribution in [2.75, 3.05) is 6.54 Å². The van der Waals surface area contributed by atoms with Crippen LogP contribution >= 0.6 is 0 Å². The average molecular weight is 543 g/mol. The van der Waals surface area contributed by atoms with Gasteiger partial charge in [0.15, 0.2) is 0 Å². The number of amides is 4. The van der Waals surface area contributed by atoms with E-state index in [1.165, 1.54) is 19.1 Å². The number of aromatic hydroxyl groups is 1. The summed E-state index contributed by atoms with van der Waals surface area (Å²) in [6, 6.07) is 12.3. The summed E-state index contributed by atoms with van der Waals surface area (Å²) in [6.45, 7) is 4.81. The van der Waals surface area contributed by atoms with E-state index in [0.717, 1.165) is 5.56 Å². The van der Waals surface area contributed by atoms with E-state index < -0.39 is 54.5 Å². The molecule has 0 aliphatic rings. The molecule has 11 nitrogen and oxygen atoms in total. The van der Waals surface area contributed by atoms with Gasteiger partial charge in [-0.1, -0.05) is 56.3 Å². The maximum Gasteiger partial charge on any atom is 0.244 e. The summed E-state index contributed by atoms with van der Waals surface area (Å²) >= 11 is 0. The Morgan fingerprint density at radius 2 is 1.49 bits per heavy atom. The largest absolute Gasteiger partial charge is 0.508 e. The predicted molar refractivity (Wildman–Crippen MR) is 146 cm³/mol. The van der Waals surface area contributed by atoms with E-state index in [1.54, 1.807) is 24.3 Å². The summed E-state index contributed by atoms with van der Waals surface area (Å²) in [5.41, 5.74) is 3.66. The lowest BCUT2D eigenvalue weighted by Gasteiger charge is -2.22. The molecular formula is C28H39N5O6. The quantitative estimate of drug-likeness (QED) is 0.156. The average Bonchev–Trinajstić information content (AvgIpc) is 2.90. The highest BCUT2D eigenvalue weighted by atomic mass is 16.3. The number of nitrogens with one attached hydrogen (secondary N) is 4. The Balaban J connectivity index is 1.91. The van der Waals surface area contributed by atoms with Gasteiger partial charge in [-0.2, -0.15) is 0 Å². The van der Waals surface area contributed by atoms with Gasteiger partial charge in [0.05, 0.1) is 12.6 Å². The van der Waals surface area contributed by atoms with Gasteiger partial charge in [0.1, 0.15) is 25.5 Å². The van der Waals surface area contributed by atoms with Crippen molar-refractivity contribution in [3.63, 3.8) is 0 Å². The molecule has 2 aromatic rings. The summed E-state index contributed by atoms with van der Waals surface area (Å²) in [5, 5.41) is 29.6. The Labute approximate surface area is 230 Å². The fourth-order valence-electron chi connectivity index (χ4n) is 3.74. The van der Waals surface area contributed by atoms with Crippen LogP contribution in [0, 0.1) is 5.92 Å². The van der Waals surface area contributed by atoms with Crippen molar-refractivity contribution in [1.82, 2.24) is 21.3 Å². The van der Waals surface area contributed by atoms with Gasteiger partial charge in [0.25, 0.3) is 0 Å². The molecule has 0 radical (unpaired) electrons. The van der Waals surface area contributed by atoms with Crippen LogP contribution in [0.15, 0.2) is 54.6 Å². The first-order valence-electron chi connectivity index (χ1n) is 13.3. The van der Waals surface area contributed by atoms with E-state index in [0.29, 0.717) is 12.0 Å². The molecule has 2 rings (SSSR count). The second-order valence-corrected chi connectivity index (χ2v) is 9.83. The first-order chi connectivity index (χ1) is 19.0. The Bertz CT molecular complexity index is 1120. The lowest BCUT2D eigenvalue weighted by molar-refractivity contribution is -0.132. The highest BCUT2D eigenvalue weighted by Gasteiger charge is 2.25. The number of phenolic OH excluding ortho intramolecular Hbond substituents is 1. The van der Waals surface area contributed by atoms with Crippen molar-refractivity contribution in [2.24, 2.45) is 11.6 Å². The van der Waals surface area contributed by atoms with Crippen LogP contribution in [0.3, 0.4) is 0 Å². The molecule has 4 amide bonds. The third-order valence-electron chi connectivity index (χ3n) is 5.81. The predicted octanol–water partition coefficient (Wildman–Crippen LogP) is 0.0911. The normalized spacial score (nSPS) is 14.3. The van der Waals surface area contributed by atoms with E-state index >= 15 is 0 Å². The molecule has 2 aromatic carbocycles. The van der Waals surface area contributed by atoms with Crippen molar-refractivity contribution in [3.05, 3.63) is 65.7 Å². The van der Waals surface area contributed by atoms with Crippen molar-refractivity contribution in [1.29, 1.82) is 0 Å². The molecule has 0 aromatic heterocycles. The minimum absolute atomic E-state index is 0.0775. The zero-order valence-corrected chi connectivity index (χ0v) is 22.4. The molecule has 39 heavy (non-hydrogen) atoms. The monoisotopic (exact) mass is 542 g/mol. The SMILES string of the molecule is [2H]N[C@@H](Cc1ccc(O)cc1)C(=O)N[C@@H](C)C(=O)NCC(=O)N[C@@H](Cc1ccccc1)C(=O)NC(O)CC(C)C. The minimum Gasteiger partial charge on any atom is -0.508 e. The summed E-state index contributed by atoms with van der Waals surface area (Å²) in [4.78, 5) is 50.6. The lowest BCUT2D eigenvalue weighted by atomic mass is 10.0. The van der Waals surface area contributed by atoms with E-state index in [-0.39, 0.29) is 24.5 Å². The number of nitrogens with two attached hydrogens (primary N) is 1. The van der Waals surface area contributed by atoms with E-state index in [4.69, 9.17) is 1.41 Å². The molecule has 0 aliphatic heterocycles. The fourth-order valence-corrected chi connectivity index (χ4v) is 3.74. The molecule has 0 saturated heterocycles. The molecular weight excluding hydrogens is 502 g/mol. The Kier molecular flexibility index (Phi) is 11.7. The van der Waals surface area contributed by atoms with Crippen LogP contribution in [0.5, 0.6) is 5.75 Å². The van der Waals surface area contributed by atoms with Crippen LogP contribution in [0.4, 0.5) is 0 Å². The van der Waals surface area contributed by atoms with Gasteiger partial charge in [-0.15, -0.1) is 0 Å². The van der Waals surface area contributed by atoms with Crippen molar-refractivity contribution in [3.8, 4) is 5.75 Å². The van der Waals surface area contributed by atoms with Gasteiger partial charge in [-0.3, -0.25) is 19.2 Å². The van der Waals surface area contributed by atoms with Crippen LogP contribution in [0.1, 0.15) is 38.3 Å².